The zero-order valence-electron chi connectivity index (χ0n) is 21.8. The number of likely N-dealkylation sites (N-methyl/N-ethyl adjacent to an activating group) is 1. The third kappa shape index (κ3) is 5.83. The fourth-order valence-electron chi connectivity index (χ4n) is 4.96. The number of aromatic nitrogens is 3. The van der Waals surface area contributed by atoms with Crippen LogP contribution < -0.4 is 21.8 Å². The van der Waals surface area contributed by atoms with Gasteiger partial charge in [-0.3, -0.25) is 24.3 Å². The number of carbonyl (C=O) groups excluding carboxylic acids is 2. The van der Waals surface area contributed by atoms with Gasteiger partial charge in [0.25, 0.3) is 0 Å². The molecule has 4 heterocycles. The number of nitrogens with zero attached hydrogens (tertiary/aromatic N) is 4. The Morgan fingerprint density at radius 1 is 1.16 bits per heavy atom. The van der Waals surface area contributed by atoms with Gasteiger partial charge in [-0.05, 0) is 50.1 Å². The zero-order valence-corrected chi connectivity index (χ0v) is 21.8. The van der Waals surface area contributed by atoms with Crippen LogP contribution in [0.4, 0.5) is 10.2 Å². The number of amides is 2. The van der Waals surface area contributed by atoms with E-state index in [-0.39, 0.29) is 54.2 Å². The fourth-order valence-corrected chi connectivity index (χ4v) is 4.96. The van der Waals surface area contributed by atoms with E-state index in [1.165, 1.54) is 7.05 Å². The van der Waals surface area contributed by atoms with Crippen LogP contribution >= 0.6 is 0 Å². The number of pyridine rings is 3. The van der Waals surface area contributed by atoms with Gasteiger partial charge in [-0.25, -0.2) is 9.37 Å². The van der Waals surface area contributed by atoms with E-state index in [2.05, 4.69) is 25.5 Å². The van der Waals surface area contributed by atoms with Crippen LogP contribution in [0.2, 0.25) is 0 Å². The molecular weight excluding hydrogens is 489 g/mol. The lowest BCUT2D eigenvalue weighted by atomic mass is 10.1. The molecule has 0 aromatic carbocycles. The first-order chi connectivity index (χ1) is 18.4. The third-order valence-electron chi connectivity index (χ3n) is 7.04. The average molecular weight is 524 g/mol. The Balaban J connectivity index is 1.49. The maximum atomic E-state index is 13.1. The van der Waals surface area contributed by atoms with Crippen LogP contribution in [0.1, 0.15) is 30.9 Å². The van der Waals surface area contributed by atoms with Crippen molar-refractivity contribution >= 4 is 28.7 Å². The number of anilines is 1. The molecule has 38 heavy (non-hydrogen) atoms. The predicted octanol–water partition coefficient (Wildman–Crippen LogP) is 1.44. The summed E-state index contributed by atoms with van der Waals surface area (Å²) in [6, 6.07) is 7.19. The smallest absolute Gasteiger partial charge is 0.224 e. The SMILES string of the molecule is CCn1c(N)c(CC(=O)NC)c(=O)c2ccc(-c3ccc(CC(=O)NC[C@H]4CCCN4CCF)cn3)nc21. The van der Waals surface area contributed by atoms with Gasteiger partial charge >= 0.3 is 0 Å². The van der Waals surface area contributed by atoms with E-state index in [0.717, 1.165) is 24.9 Å². The van der Waals surface area contributed by atoms with Crippen LogP contribution in [0.15, 0.2) is 35.3 Å². The number of nitrogen functional groups attached to an aromatic ring is 1. The Morgan fingerprint density at radius 3 is 2.63 bits per heavy atom. The minimum Gasteiger partial charge on any atom is -0.385 e. The summed E-state index contributed by atoms with van der Waals surface area (Å²) < 4.78 is 14.4. The molecule has 1 saturated heterocycles. The first kappa shape index (κ1) is 27.2. The highest BCUT2D eigenvalue weighted by Gasteiger charge is 2.24. The van der Waals surface area contributed by atoms with Crippen LogP contribution in [0, 0.1) is 0 Å². The van der Waals surface area contributed by atoms with Gasteiger partial charge in [-0.2, -0.15) is 0 Å². The van der Waals surface area contributed by atoms with Crippen molar-refractivity contribution < 1.29 is 14.0 Å². The minimum absolute atomic E-state index is 0.105. The summed E-state index contributed by atoms with van der Waals surface area (Å²) in [5, 5.41) is 5.86. The van der Waals surface area contributed by atoms with Crippen LogP contribution in [0.3, 0.4) is 0 Å². The number of nitrogens with one attached hydrogen (secondary N) is 2. The molecule has 0 unspecified atom stereocenters. The summed E-state index contributed by atoms with van der Waals surface area (Å²) >= 11 is 0. The molecule has 10 nitrogen and oxygen atoms in total. The van der Waals surface area contributed by atoms with Gasteiger partial charge < -0.3 is 20.9 Å². The molecule has 4 N–H and O–H groups in total. The first-order valence-corrected chi connectivity index (χ1v) is 12.9. The molecule has 0 spiro atoms. The molecule has 1 aliphatic rings. The van der Waals surface area contributed by atoms with Crippen molar-refractivity contribution in [3.63, 3.8) is 0 Å². The summed E-state index contributed by atoms with van der Waals surface area (Å²) in [6.07, 6.45) is 3.70. The van der Waals surface area contributed by atoms with Gasteiger partial charge in [0, 0.05) is 44.5 Å². The molecule has 0 radical (unpaired) electrons. The number of rotatable bonds is 10. The molecule has 0 saturated carbocycles. The normalized spacial score (nSPS) is 15.6. The molecule has 3 aromatic rings. The van der Waals surface area contributed by atoms with Crippen LogP contribution in [0.25, 0.3) is 22.4 Å². The molecule has 1 atom stereocenters. The summed E-state index contributed by atoms with van der Waals surface area (Å²) in [4.78, 5) is 48.7. The Kier molecular flexibility index (Phi) is 8.67. The van der Waals surface area contributed by atoms with E-state index in [4.69, 9.17) is 5.73 Å². The number of nitrogens with two attached hydrogens (primary N) is 1. The number of carbonyl (C=O) groups is 2. The molecule has 3 aromatic heterocycles. The van der Waals surface area contributed by atoms with Crippen molar-refractivity contribution in [3.05, 3.63) is 51.8 Å². The number of hydrogen-bond acceptors (Lipinski definition) is 7. The highest BCUT2D eigenvalue weighted by Crippen LogP contribution is 2.22. The van der Waals surface area contributed by atoms with E-state index in [9.17, 15) is 18.8 Å². The summed E-state index contributed by atoms with van der Waals surface area (Å²) in [7, 11) is 1.51. The Morgan fingerprint density at radius 2 is 1.95 bits per heavy atom. The summed E-state index contributed by atoms with van der Waals surface area (Å²) in [5.74, 6) is -0.181. The lowest BCUT2D eigenvalue weighted by Crippen LogP contribution is -2.41. The van der Waals surface area contributed by atoms with Crippen molar-refractivity contribution in [2.75, 3.05) is 39.1 Å². The zero-order chi connectivity index (χ0) is 27.2. The minimum atomic E-state index is -0.378. The third-order valence-corrected chi connectivity index (χ3v) is 7.04. The molecule has 0 bridgehead atoms. The molecule has 1 fully saturated rings. The number of alkyl halides is 1. The van der Waals surface area contributed by atoms with Crippen molar-refractivity contribution in [2.45, 2.75) is 45.2 Å². The maximum absolute atomic E-state index is 13.1. The van der Waals surface area contributed by atoms with Gasteiger partial charge in [-0.1, -0.05) is 6.07 Å². The number of likely N-dealkylation sites (tertiary alicyclic amines) is 1. The van der Waals surface area contributed by atoms with E-state index < -0.39 is 0 Å². The predicted molar refractivity (Wildman–Crippen MR) is 144 cm³/mol. The molecule has 4 rings (SSSR count). The number of aryl methyl sites for hydroxylation is 1. The first-order valence-electron chi connectivity index (χ1n) is 12.9. The topological polar surface area (TPSA) is 135 Å². The number of hydrogen-bond donors (Lipinski definition) is 3. The monoisotopic (exact) mass is 523 g/mol. The quantitative estimate of drug-likeness (QED) is 0.366. The van der Waals surface area contributed by atoms with Gasteiger partial charge in [0.15, 0.2) is 5.43 Å². The fraction of sp³-hybridized carbons (Fsp3) is 0.444. The second kappa shape index (κ2) is 12.1. The summed E-state index contributed by atoms with van der Waals surface area (Å²) in [5.41, 5.74) is 8.54. The molecule has 0 aliphatic carbocycles. The van der Waals surface area contributed by atoms with Gasteiger partial charge in [0.2, 0.25) is 11.8 Å². The molecular formula is C27H34FN7O3. The van der Waals surface area contributed by atoms with Crippen molar-refractivity contribution in [1.82, 2.24) is 30.1 Å². The largest absolute Gasteiger partial charge is 0.385 e. The Labute approximate surface area is 220 Å². The van der Waals surface area contributed by atoms with Crippen molar-refractivity contribution in [3.8, 4) is 11.4 Å². The van der Waals surface area contributed by atoms with Gasteiger partial charge in [0.05, 0.1) is 29.6 Å². The van der Waals surface area contributed by atoms with E-state index in [1.807, 2.05) is 13.0 Å². The second-order valence-electron chi connectivity index (χ2n) is 9.41. The maximum Gasteiger partial charge on any atom is 0.224 e. The Hall–Kier alpha value is -3.86. The molecule has 11 heteroatoms. The van der Waals surface area contributed by atoms with Crippen LogP contribution in [-0.4, -0.2) is 70.6 Å². The van der Waals surface area contributed by atoms with E-state index in [1.54, 1.807) is 29.0 Å². The second-order valence-corrected chi connectivity index (χ2v) is 9.41. The Bertz CT molecular complexity index is 1370. The van der Waals surface area contributed by atoms with Crippen molar-refractivity contribution in [1.29, 1.82) is 0 Å². The lowest BCUT2D eigenvalue weighted by Gasteiger charge is -2.23. The number of fused-ring (bicyclic) bond motifs is 1. The van der Waals surface area contributed by atoms with Crippen LogP contribution in [-0.2, 0) is 29.0 Å². The highest BCUT2D eigenvalue weighted by molar-refractivity contribution is 5.85. The average Bonchev–Trinajstić information content (AvgIpc) is 3.37. The summed E-state index contributed by atoms with van der Waals surface area (Å²) in [6.45, 7) is 3.77. The van der Waals surface area contributed by atoms with Crippen LogP contribution in [0.5, 0.6) is 0 Å². The van der Waals surface area contributed by atoms with Gasteiger partial charge in [0.1, 0.15) is 18.1 Å². The standard InChI is InChI=1S/C27H34FN7O3/c1-3-35-26(29)20(14-23(36)30-2)25(38)19-7-9-22(33-27(19)35)21-8-6-17(15-31-21)13-24(37)32-16-18-5-4-11-34(18)12-10-28/h6-9,15,18H,3-5,10-14,16,29H2,1-2H3,(H,30,36)(H,32,37)/t18-/m1/s1. The van der Waals surface area contributed by atoms with E-state index >= 15 is 0 Å². The van der Waals surface area contributed by atoms with Crippen molar-refractivity contribution in [2.24, 2.45) is 0 Å². The molecule has 1 aliphatic heterocycles. The molecule has 2 amide bonds. The number of halogens is 1. The highest BCUT2D eigenvalue weighted by atomic mass is 19.1. The molecule has 202 valence electrons. The van der Waals surface area contributed by atoms with E-state index in [0.29, 0.717) is 42.1 Å². The lowest BCUT2D eigenvalue weighted by molar-refractivity contribution is -0.121. The van der Waals surface area contributed by atoms with Gasteiger partial charge in [-0.15, -0.1) is 0 Å².